The van der Waals surface area contributed by atoms with E-state index in [0.29, 0.717) is 12.3 Å². The van der Waals surface area contributed by atoms with Crippen LogP contribution in [0.3, 0.4) is 0 Å². The standard InChI is InChI=1S/C14H23NO3/c1-9-5-4-8-12(9)15-13(16)10-6-2-3-7-11(10)14(17)18/h9-12H,2-8H2,1H3,(H,15,16)(H,17,18). The minimum Gasteiger partial charge on any atom is -0.481 e. The van der Waals surface area contributed by atoms with Crippen molar-refractivity contribution in [2.75, 3.05) is 0 Å². The van der Waals surface area contributed by atoms with E-state index in [9.17, 15) is 14.7 Å². The molecule has 2 saturated carbocycles. The quantitative estimate of drug-likeness (QED) is 0.810. The summed E-state index contributed by atoms with van der Waals surface area (Å²) in [6.45, 7) is 2.16. The van der Waals surface area contributed by atoms with Gasteiger partial charge in [-0.1, -0.05) is 26.2 Å². The van der Waals surface area contributed by atoms with Gasteiger partial charge in [0.2, 0.25) is 5.91 Å². The lowest BCUT2D eigenvalue weighted by Crippen LogP contribution is -2.44. The van der Waals surface area contributed by atoms with Crippen LogP contribution in [0.5, 0.6) is 0 Å². The molecule has 0 bridgehead atoms. The molecule has 2 aliphatic carbocycles. The van der Waals surface area contributed by atoms with E-state index < -0.39 is 11.9 Å². The third-order valence-electron chi connectivity index (χ3n) is 4.61. The number of hydrogen-bond donors (Lipinski definition) is 2. The summed E-state index contributed by atoms with van der Waals surface area (Å²) in [7, 11) is 0. The second kappa shape index (κ2) is 5.72. The van der Waals surface area contributed by atoms with Crippen LogP contribution < -0.4 is 5.32 Å². The van der Waals surface area contributed by atoms with E-state index in [2.05, 4.69) is 12.2 Å². The van der Waals surface area contributed by atoms with Gasteiger partial charge in [0.25, 0.3) is 0 Å². The first-order chi connectivity index (χ1) is 8.59. The molecule has 1 amide bonds. The van der Waals surface area contributed by atoms with Crippen molar-refractivity contribution in [1.29, 1.82) is 0 Å². The zero-order chi connectivity index (χ0) is 13.1. The molecule has 2 fully saturated rings. The largest absolute Gasteiger partial charge is 0.481 e. The first-order valence-corrected chi connectivity index (χ1v) is 7.12. The molecule has 2 N–H and O–H groups in total. The molecule has 0 radical (unpaired) electrons. The Kier molecular flexibility index (Phi) is 4.25. The van der Waals surface area contributed by atoms with Gasteiger partial charge in [0, 0.05) is 6.04 Å². The maximum absolute atomic E-state index is 12.2. The lowest BCUT2D eigenvalue weighted by molar-refractivity contribution is -0.149. The third kappa shape index (κ3) is 2.85. The third-order valence-corrected chi connectivity index (χ3v) is 4.61. The smallest absolute Gasteiger partial charge is 0.307 e. The summed E-state index contributed by atoms with van der Waals surface area (Å²) in [5.74, 6) is -1.10. The number of carbonyl (C=O) groups is 2. The van der Waals surface area contributed by atoms with E-state index in [4.69, 9.17) is 0 Å². The molecule has 0 aliphatic heterocycles. The van der Waals surface area contributed by atoms with Crippen LogP contribution in [0.25, 0.3) is 0 Å². The Morgan fingerprint density at radius 2 is 1.67 bits per heavy atom. The number of carbonyl (C=O) groups excluding carboxylic acids is 1. The van der Waals surface area contributed by atoms with Gasteiger partial charge in [-0.25, -0.2) is 0 Å². The Morgan fingerprint density at radius 1 is 1.00 bits per heavy atom. The molecule has 4 atom stereocenters. The number of carboxylic acids is 1. The van der Waals surface area contributed by atoms with Crippen LogP contribution in [0.15, 0.2) is 0 Å². The highest BCUT2D eigenvalue weighted by Crippen LogP contribution is 2.32. The zero-order valence-corrected chi connectivity index (χ0v) is 11.0. The van der Waals surface area contributed by atoms with Crippen molar-refractivity contribution in [3.63, 3.8) is 0 Å². The van der Waals surface area contributed by atoms with E-state index in [0.717, 1.165) is 32.1 Å². The molecule has 4 unspecified atom stereocenters. The van der Waals surface area contributed by atoms with Gasteiger partial charge in [-0.3, -0.25) is 9.59 Å². The number of carboxylic acid groups (broad SMARTS) is 1. The predicted octanol–water partition coefficient (Wildman–Crippen LogP) is 2.18. The van der Waals surface area contributed by atoms with E-state index in [1.807, 2.05) is 0 Å². The topological polar surface area (TPSA) is 66.4 Å². The molecule has 0 saturated heterocycles. The summed E-state index contributed by atoms with van der Waals surface area (Å²) in [5, 5.41) is 12.3. The van der Waals surface area contributed by atoms with Gasteiger partial charge in [-0.15, -0.1) is 0 Å². The maximum Gasteiger partial charge on any atom is 0.307 e. The van der Waals surface area contributed by atoms with Crippen LogP contribution in [-0.2, 0) is 9.59 Å². The molecule has 0 heterocycles. The molecular formula is C14H23NO3. The Bertz CT molecular complexity index is 329. The summed E-state index contributed by atoms with van der Waals surface area (Å²) in [4.78, 5) is 23.4. The van der Waals surface area contributed by atoms with Crippen molar-refractivity contribution >= 4 is 11.9 Å². The minimum atomic E-state index is -0.811. The van der Waals surface area contributed by atoms with Crippen molar-refractivity contribution < 1.29 is 14.7 Å². The number of amides is 1. The summed E-state index contributed by atoms with van der Waals surface area (Å²) < 4.78 is 0. The summed E-state index contributed by atoms with van der Waals surface area (Å²) in [6.07, 6.45) is 6.65. The molecule has 0 spiro atoms. The summed E-state index contributed by atoms with van der Waals surface area (Å²) >= 11 is 0. The van der Waals surface area contributed by atoms with Gasteiger partial charge in [-0.05, 0) is 31.6 Å². The molecule has 2 rings (SSSR count). The maximum atomic E-state index is 12.2. The highest BCUT2D eigenvalue weighted by atomic mass is 16.4. The fraction of sp³-hybridized carbons (Fsp3) is 0.857. The van der Waals surface area contributed by atoms with Gasteiger partial charge in [0.1, 0.15) is 0 Å². The Morgan fingerprint density at radius 3 is 2.22 bits per heavy atom. The minimum absolute atomic E-state index is 0.0270. The summed E-state index contributed by atoms with van der Waals surface area (Å²) in [5.41, 5.74) is 0. The van der Waals surface area contributed by atoms with Gasteiger partial charge >= 0.3 is 5.97 Å². The van der Waals surface area contributed by atoms with Crippen molar-refractivity contribution in [3.05, 3.63) is 0 Å². The van der Waals surface area contributed by atoms with Crippen LogP contribution in [0.4, 0.5) is 0 Å². The van der Waals surface area contributed by atoms with E-state index in [1.165, 1.54) is 6.42 Å². The zero-order valence-electron chi connectivity index (χ0n) is 11.0. The molecule has 18 heavy (non-hydrogen) atoms. The van der Waals surface area contributed by atoms with E-state index in [-0.39, 0.29) is 17.9 Å². The highest BCUT2D eigenvalue weighted by Gasteiger charge is 2.37. The Labute approximate surface area is 108 Å². The van der Waals surface area contributed by atoms with Gasteiger partial charge in [-0.2, -0.15) is 0 Å². The highest BCUT2D eigenvalue weighted by molar-refractivity contribution is 5.85. The molecule has 0 aromatic carbocycles. The van der Waals surface area contributed by atoms with Gasteiger partial charge < -0.3 is 10.4 Å². The van der Waals surface area contributed by atoms with Crippen molar-refractivity contribution in [2.45, 2.75) is 57.9 Å². The first-order valence-electron chi connectivity index (χ1n) is 7.12. The number of aliphatic carboxylic acids is 1. The predicted molar refractivity (Wildman–Crippen MR) is 68.0 cm³/mol. The molecule has 0 aromatic rings. The van der Waals surface area contributed by atoms with Gasteiger partial charge in [0.15, 0.2) is 0 Å². The van der Waals surface area contributed by atoms with Crippen molar-refractivity contribution in [3.8, 4) is 0 Å². The summed E-state index contributed by atoms with van der Waals surface area (Å²) in [6, 6.07) is 0.258. The number of hydrogen-bond acceptors (Lipinski definition) is 2. The van der Waals surface area contributed by atoms with Gasteiger partial charge in [0.05, 0.1) is 11.8 Å². The second-order valence-corrected chi connectivity index (χ2v) is 5.86. The van der Waals surface area contributed by atoms with Crippen molar-refractivity contribution in [1.82, 2.24) is 5.32 Å². The van der Waals surface area contributed by atoms with Crippen LogP contribution >= 0.6 is 0 Å². The molecule has 102 valence electrons. The molecule has 4 nitrogen and oxygen atoms in total. The van der Waals surface area contributed by atoms with Crippen LogP contribution in [0.1, 0.15) is 51.9 Å². The average Bonchev–Trinajstić information content (AvgIpc) is 2.75. The van der Waals surface area contributed by atoms with Crippen molar-refractivity contribution in [2.24, 2.45) is 17.8 Å². The lowest BCUT2D eigenvalue weighted by atomic mass is 9.78. The number of rotatable bonds is 3. The van der Waals surface area contributed by atoms with Crippen LogP contribution in [-0.4, -0.2) is 23.0 Å². The Hall–Kier alpha value is -1.06. The normalized spacial score (nSPS) is 36.3. The monoisotopic (exact) mass is 253 g/mol. The molecule has 0 aromatic heterocycles. The fourth-order valence-corrected chi connectivity index (χ4v) is 3.39. The van der Waals surface area contributed by atoms with E-state index >= 15 is 0 Å². The van der Waals surface area contributed by atoms with E-state index in [1.54, 1.807) is 0 Å². The SMILES string of the molecule is CC1CCCC1NC(=O)C1CCCCC1C(=O)O. The first kappa shape index (κ1) is 13.4. The van der Waals surface area contributed by atoms with Crippen LogP contribution in [0, 0.1) is 17.8 Å². The molecular weight excluding hydrogens is 230 g/mol. The average molecular weight is 253 g/mol. The number of nitrogens with one attached hydrogen (secondary N) is 1. The van der Waals surface area contributed by atoms with Crippen LogP contribution in [0.2, 0.25) is 0 Å². The Balaban J connectivity index is 1.95. The molecule has 2 aliphatic rings. The lowest BCUT2D eigenvalue weighted by Gasteiger charge is -2.29. The fourth-order valence-electron chi connectivity index (χ4n) is 3.39. The molecule has 4 heteroatoms. The second-order valence-electron chi connectivity index (χ2n) is 5.86.